The summed E-state index contributed by atoms with van der Waals surface area (Å²) in [5.41, 5.74) is 5.67. The molecule has 0 aromatic carbocycles. The molecule has 1 heterocycles. The lowest BCUT2D eigenvalue weighted by molar-refractivity contribution is 0.248. The molecule has 0 aromatic rings. The minimum Gasteiger partial charge on any atom is -0.328 e. The zero-order valence-corrected chi connectivity index (χ0v) is 13.5. The molecule has 1 saturated heterocycles. The van der Waals surface area contributed by atoms with E-state index in [1.54, 1.807) is 4.31 Å². The van der Waals surface area contributed by atoms with E-state index in [1.807, 2.05) is 27.7 Å². The summed E-state index contributed by atoms with van der Waals surface area (Å²) < 4.78 is 26.0. The summed E-state index contributed by atoms with van der Waals surface area (Å²) in [4.78, 5) is 0. The van der Waals surface area contributed by atoms with Crippen molar-refractivity contribution in [3.63, 3.8) is 0 Å². The van der Waals surface area contributed by atoms with Crippen LogP contribution in [0.25, 0.3) is 0 Å². The van der Waals surface area contributed by atoms with E-state index in [2.05, 4.69) is 0 Å². The molecule has 110 valence electrons. The second kappa shape index (κ2) is 6.55. The molecule has 1 atom stereocenters. The first-order chi connectivity index (χ1) is 7.62. The summed E-state index contributed by atoms with van der Waals surface area (Å²) in [7, 11) is -3.10. The van der Waals surface area contributed by atoms with E-state index in [0.717, 1.165) is 12.8 Å². The molecule has 1 fully saturated rings. The maximum absolute atomic E-state index is 12.2. The highest BCUT2D eigenvalue weighted by molar-refractivity contribution is 7.89. The first-order valence-corrected chi connectivity index (χ1v) is 7.96. The Hall–Kier alpha value is 0.160. The largest absolute Gasteiger partial charge is 0.328 e. The lowest BCUT2D eigenvalue weighted by Gasteiger charge is -2.34. The number of rotatable bonds is 3. The van der Waals surface area contributed by atoms with Gasteiger partial charge in [0.25, 0.3) is 0 Å². The van der Waals surface area contributed by atoms with Crippen LogP contribution >= 0.6 is 12.4 Å². The zero-order valence-electron chi connectivity index (χ0n) is 11.8. The number of piperidine rings is 1. The van der Waals surface area contributed by atoms with Crippen molar-refractivity contribution >= 4 is 22.4 Å². The number of nitrogens with zero attached hydrogens (tertiary/aromatic N) is 1. The van der Waals surface area contributed by atoms with Crippen LogP contribution in [-0.2, 0) is 10.0 Å². The van der Waals surface area contributed by atoms with Crippen molar-refractivity contribution in [1.82, 2.24) is 4.31 Å². The zero-order chi connectivity index (χ0) is 13.3. The van der Waals surface area contributed by atoms with Gasteiger partial charge in [-0.05, 0) is 31.1 Å². The first kappa shape index (κ1) is 18.2. The predicted molar refractivity (Wildman–Crippen MR) is 78.4 cm³/mol. The molecule has 0 aromatic heterocycles. The molecule has 18 heavy (non-hydrogen) atoms. The number of halogens is 1. The van der Waals surface area contributed by atoms with E-state index in [4.69, 9.17) is 5.73 Å². The van der Waals surface area contributed by atoms with Gasteiger partial charge in [0.2, 0.25) is 10.0 Å². The van der Waals surface area contributed by atoms with E-state index >= 15 is 0 Å². The molecule has 6 heteroatoms. The molecule has 1 rings (SSSR count). The SMILES string of the molecule is CC(N)C1CCN(S(=O)(=O)CC(C)(C)C)CC1.Cl. The molecule has 0 amide bonds. The van der Waals surface area contributed by atoms with Crippen LogP contribution < -0.4 is 5.73 Å². The maximum atomic E-state index is 12.2. The van der Waals surface area contributed by atoms with Gasteiger partial charge in [-0.2, -0.15) is 0 Å². The van der Waals surface area contributed by atoms with Gasteiger partial charge in [0.1, 0.15) is 0 Å². The lowest BCUT2D eigenvalue weighted by atomic mass is 9.92. The molecule has 4 nitrogen and oxygen atoms in total. The molecule has 0 aliphatic carbocycles. The highest BCUT2D eigenvalue weighted by Crippen LogP contribution is 2.25. The summed E-state index contributed by atoms with van der Waals surface area (Å²) in [6.07, 6.45) is 1.78. The molecule has 0 bridgehead atoms. The third-order valence-corrected chi connectivity index (χ3v) is 5.63. The van der Waals surface area contributed by atoms with Crippen LogP contribution in [0.15, 0.2) is 0 Å². The number of nitrogens with two attached hydrogens (primary N) is 1. The van der Waals surface area contributed by atoms with Crippen molar-refractivity contribution in [2.75, 3.05) is 18.8 Å². The lowest BCUT2D eigenvalue weighted by Crippen LogP contribution is -2.44. The van der Waals surface area contributed by atoms with Gasteiger partial charge in [-0.25, -0.2) is 12.7 Å². The van der Waals surface area contributed by atoms with Crippen LogP contribution in [-0.4, -0.2) is 37.6 Å². The fraction of sp³-hybridized carbons (Fsp3) is 1.00. The highest BCUT2D eigenvalue weighted by atomic mass is 35.5. The van der Waals surface area contributed by atoms with Crippen molar-refractivity contribution in [2.45, 2.75) is 46.6 Å². The van der Waals surface area contributed by atoms with Crippen LogP contribution in [0.1, 0.15) is 40.5 Å². The van der Waals surface area contributed by atoms with Crippen LogP contribution in [0.4, 0.5) is 0 Å². The standard InChI is InChI=1S/C12H26N2O2S.ClH/c1-10(13)11-5-7-14(8-6-11)17(15,16)9-12(2,3)4;/h10-11H,5-9,13H2,1-4H3;1H. The Balaban J connectivity index is 0.00000289. The minimum absolute atomic E-state index is 0. The molecule has 1 aliphatic heterocycles. The van der Waals surface area contributed by atoms with E-state index < -0.39 is 10.0 Å². The molecular weight excluding hydrogens is 272 g/mol. The normalized spacial score (nSPS) is 21.4. The van der Waals surface area contributed by atoms with Crippen molar-refractivity contribution in [3.8, 4) is 0 Å². The van der Waals surface area contributed by atoms with Gasteiger partial charge >= 0.3 is 0 Å². The topological polar surface area (TPSA) is 63.4 Å². The molecule has 0 radical (unpaired) electrons. The van der Waals surface area contributed by atoms with Gasteiger partial charge in [0.15, 0.2) is 0 Å². The Kier molecular flexibility index (Phi) is 6.61. The van der Waals surface area contributed by atoms with E-state index in [1.165, 1.54) is 0 Å². The highest BCUT2D eigenvalue weighted by Gasteiger charge is 2.32. The fourth-order valence-corrected chi connectivity index (χ4v) is 4.36. The summed E-state index contributed by atoms with van der Waals surface area (Å²) in [5, 5.41) is 0. The Morgan fingerprint density at radius 1 is 1.28 bits per heavy atom. The average Bonchev–Trinajstić information content (AvgIpc) is 2.14. The second-order valence-electron chi connectivity index (χ2n) is 6.41. The summed E-state index contributed by atoms with van der Waals surface area (Å²) in [6.45, 7) is 9.14. The first-order valence-electron chi connectivity index (χ1n) is 6.35. The molecule has 1 aliphatic rings. The monoisotopic (exact) mass is 298 g/mol. The molecule has 2 N–H and O–H groups in total. The Labute approximate surface area is 118 Å². The van der Waals surface area contributed by atoms with Gasteiger partial charge in [-0.1, -0.05) is 20.8 Å². The smallest absolute Gasteiger partial charge is 0.214 e. The second-order valence-corrected chi connectivity index (χ2v) is 8.38. The van der Waals surface area contributed by atoms with Gasteiger partial charge in [-0.15, -0.1) is 12.4 Å². The van der Waals surface area contributed by atoms with Crippen molar-refractivity contribution in [3.05, 3.63) is 0 Å². The quantitative estimate of drug-likeness (QED) is 0.865. The summed E-state index contributed by atoms with van der Waals surface area (Å²) in [5.74, 6) is 0.694. The summed E-state index contributed by atoms with van der Waals surface area (Å²) in [6, 6.07) is 0.169. The minimum atomic E-state index is -3.10. The van der Waals surface area contributed by atoms with E-state index in [0.29, 0.717) is 19.0 Å². The van der Waals surface area contributed by atoms with Crippen LogP contribution in [0.3, 0.4) is 0 Å². The Morgan fingerprint density at radius 2 is 1.72 bits per heavy atom. The third-order valence-electron chi connectivity index (χ3n) is 3.25. The van der Waals surface area contributed by atoms with Gasteiger partial charge in [0, 0.05) is 19.1 Å². The Morgan fingerprint density at radius 3 is 2.06 bits per heavy atom. The Bertz CT molecular complexity index is 342. The number of sulfonamides is 1. The van der Waals surface area contributed by atoms with Crippen LogP contribution in [0, 0.1) is 11.3 Å². The molecular formula is C12H27ClN2O2S. The van der Waals surface area contributed by atoms with Crippen LogP contribution in [0.2, 0.25) is 0 Å². The number of hydrogen-bond donors (Lipinski definition) is 1. The third kappa shape index (κ3) is 5.43. The van der Waals surface area contributed by atoms with Gasteiger partial charge < -0.3 is 5.73 Å². The number of hydrogen-bond acceptors (Lipinski definition) is 3. The van der Waals surface area contributed by atoms with E-state index in [9.17, 15) is 8.42 Å². The molecule has 0 spiro atoms. The van der Waals surface area contributed by atoms with Crippen molar-refractivity contribution in [2.24, 2.45) is 17.1 Å². The molecule has 0 saturated carbocycles. The van der Waals surface area contributed by atoms with Crippen molar-refractivity contribution in [1.29, 1.82) is 0 Å². The van der Waals surface area contributed by atoms with Gasteiger partial charge in [0.05, 0.1) is 5.75 Å². The van der Waals surface area contributed by atoms with Crippen LogP contribution in [0.5, 0.6) is 0 Å². The van der Waals surface area contributed by atoms with Gasteiger partial charge in [-0.3, -0.25) is 0 Å². The molecule has 1 unspecified atom stereocenters. The fourth-order valence-electron chi connectivity index (χ4n) is 2.32. The maximum Gasteiger partial charge on any atom is 0.214 e. The van der Waals surface area contributed by atoms with Crippen molar-refractivity contribution < 1.29 is 8.42 Å². The average molecular weight is 299 g/mol. The summed E-state index contributed by atoms with van der Waals surface area (Å²) >= 11 is 0. The predicted octanol–water partition coefficient (Wildman–Crippen LogP) is 1.84. The van der Waals surface area contributed by atoms with E-state index in [-0.39, 0.29) is 29.6 Å².